The van der Waals surface area contributed by atoms with E-state index >= 15 is 0 Å². The number of nitro benzene ring substituents is 1. The Kier molecular flexibility index (Phi) is 3.73. The first-order valence-corrected chi connectivity index (χ1v) is 4.88. The summed E-state index contributed by atoms with van der Waals surface area (Å²) in [5.41, 5.74) is -0.0673. The molecule has 6 heteroatoms. The molecule has 0 aliphatic rings. The molecule has 16 heavy (non-hydrogen) atoms. The maximum atomic E-state index is 11.5. The predicted octanol–water partition coefficient (Wildman–Crippen LogP) is 2.14. The molecule has 0 aliphatic carbocycles. The largest absolute Gasteiger partial charge is 0.298 e. The molecule has 0 bridgehead atoms. The number of aldehydes is 1. The Hall–Kier alpha value is -1.75. The molecule has 0 spiro atoms. The Morgan fingerprint density at radius 2 is 2.19 bits per heavy atom. The van der Waals surface area contributed by atoms with Crippen LogP contribution in [0, 0.1) is 17.0 Å². The summed E-state index contributed by atoms with van der Waals surface area (Å²) in [4.78, 5) is 32.3. The number of hydrogen-bond acceptors (Lipinski definition) is 4. The van der Waals surface area contributed by atoms with Crippen molar-refractivity contribution in [3.8, 4) is 0 Å². The van der Waals surface area contributed by atoms with E-state index < -0.39 is 10.7 Å². The van der Waals surface area contributed by atoms with Gasteiger partial charge in [0.2, 0.25) is 0 Å². The summed E-state index contributed by atoms with van der Waals surface area (Å²) in [7, 11) is 0. The first kappa shape index (κ1) is 12.3. The molecular weight excluding hydrogens is 234 g/mol. The van der Waals surface area contributed by atoms with Crippen molar-refractivity contribution in [2.45, 2.75) is 6.92 Å². The molecular formula is C10H8ClNO4. The van der Waals surface area contributed by atoms with Gasteiger partial charge in [-0.2, -0.15) is 0 Å². The van der Waals surface area contributed by atoms with Crippen molar-refractivity contribution in [1.29, 1.82) is 0 Å². The Labute approximate surface area is 96.2 Å². The van der Waals surface area contributed by atoms with Crippen LogP contribution < -0.4 is 0 Å². The summed E-state index contributed by atoms with van der Waals surface area (Å²) >= 11 is 5.38. The second kappa shape index (κ2) is 4.85. The smallest absolute Gasteiger partial charge is 0.280 e. The Morgan fingerprint density at radius 1 is 1.56 bits per heavy atom. The zero-order valence-corrected chi connectivity index (χ0v) is 9.15. The SMILES string of the molecule is Cc1ccc([N+](=O)[O-])c(C=O)c1C(=O)CCl. The normalized spacial score (nSPS) is 9.88. The average molecular weight is 242 g/mol. The molecule has 1 rings (SSSR count). The van der Waals surface area contributed by atoms with Gasteiger partial charge in [-0.15, -0.1) is 11.6 Å². The number of rotatable bonds is 4. The number of halogens is 1. The molecule has 0 amide bonds. The van der Waals surface area contributed by atoms with E-state index in [1.807, 2.05) is 0 Å². The molecule has 0 aliphatic heterocycles. The highest BCUT2D eigenvalue weighted by Crippen LogP contribution is 2.24. The van der Waals surface area contributed by atoms with E-state index in [-0.39, 0.29) is 22.7 Å². The lowest BCUT2D eigenvalue weighted by atomic mass is 9.98. The second-order valence-electron chi connectivity index (χ2n) is 3.12. The van der Waals surface area contributed by atoms with Crippen LogP contribution in [-0.4, -0.2) is 22.9 Å². The van der Waals surface area contributed by atoms with Crippen LogP contribution in [0.15, 0.2) is 12.1 Å². The van der Waals surface area contributed by atoms with Gasteiger partial charge in [-0.25, -0.2) is 0 Å². The molecule has 1 aromatic carbocycles. The number of Topliss-reactive ketones (excluding diaryl/α,β-unsaturated/α-hetero) is 1. The average Bonchev–Trinajstić information content (AvgIpc) is 2.26. The predicted molar refractivity (Wildman–Crippen MR) is 58.3 cm³/mol. The molecule has 0 saturated heterocycles. The molecule has 0 atom stereocenters. The van der Waals surface area contributed by atoms with Gasteiger partial charge in [-0.05, 0) is 12.5 Å². The number of carbonyl (C=O) groups is 2. The highest BCUT2D eigenvalue weighted by Gasteiger charge is 2.22. The fourth-order valence-electron chi connectivity index (χ4n) is 1.43. The molecule has 1 aromatic rings. The maximum absolute atomic E-state index is 11.5. The molecule has 0 heterocycles. The van der Waals surface area contributed by atoms with Crippen molar-refractivity contribution in [2.24, 2.45) is 0 Å². The van der Waals surface area contributed by atoms with E-state index in [1.165, 1.54) is 12.1 Å². The molecule has 84 valence electrons. The summed E-state index contributed by atoms with van der Waals surface area (Å²) < 4.78 is 0. The van der Waals surface area contributed by atoms with Crippen LogP contribution in [0.25, 0.3) is 0 Å². The van der Waals surface area contributed by atoms with E-state index in [1.54, 1.807) is 6.92 Å². The number of nitro groups is 1. The third-order valence-corrected chi connectivity index (χ3v) is 2.39. The van der Waals surface area contributed by atoms with Crippen LogP contribution in [0.3, 0.4) is 0 Å². The molecule has 0 radical (unpaired) electrons. The molecule has 5 nitrogen and oxygen atoms in total. The Balaban J connectivity index is 3.56. The van der Waals surface area contributed by atoms with Gasteiger partial charge in [-0.1, -0.05) is 6.07 Å². The van der Waals surface area contributed by atoms with Gasteiger partial charge in [0.05, 0.1) is 10.8 Å². The van der Waals surface area contributed by atoms with Crippen LogP contribution >= 0.6 is 11.6 Å². The van der Waals surface area contributed by atoms with E-state index in [2.05, 4.69) is 0 Å². The lowest BCUT2D eigenvalue weighted by Crippen LogP contribution is -2.09. The highest BCUT2D eigenvalue weighted by molar-refractivity contribution is 6.31. The summed E-state index contributed by atoms with van der Waals surface area (Å²) in [6, 6.07) is 2.62. The van der Waals surface area contributed by atoms with Crippen LogP contribution in [-0.2, 0) is 0 Å². The molecule has 0 fully saturated rings. The number of carbonyl (C=O) groups excluding carboxylic acids is 2. The first-order valence-electron chi connectivity index (χ1n) is 4.35. The zero-order valence-electron chi connectivity index (χ0n) is 8.40. The minimum absolute atomic E-state index is 0.0270. The van der Waals surface area contributed by atoms with Crippen molar-refractivity contribution in [3.05, 3.63) is 38.9 Å². The lowest BCUT2D eigenvalue weighted by molar-refractivity contribution is -0.385. The standard InChI is InChI=1S/C10H8ClNO4/c1-6-2-3-8(12(15)16)7(5-13)10(6)9(14)4-11/h2-3,5H,4H2,1H3. The minimum atomic E-state index is -0.700. The third kappa shape index (κ3) is 2.09. The van der Waals surface area contributed by atoms with E-state index in [9.17, 15) is 19.7 Å². The molecule has 0 unspecified atom stereocenters. The number of aryl methyl sites for hydroxylation is 1. The minimum Gasteiger partial charge on any atom is -0.298 e. The van der Waals surface area contributed by atoms with E-state index in [0.29, 0.717) is 11.8 Å². The van der Waals surface area contributed by atoms with Gasteiger partial charge in [0, 0.05) is 11.6 Å². The summed E-state index contributed by atoms with van der Waals surface area (Å²) in [5.74, 6) is -0.812. The Bertz CT molecular complexity index is 470. The van der Waals surface area contributed by atoms with Crippen LogP contribution in [0.5, 0.6) is 0 Å². The highest BCUT2D eigenvalue weighted by atomic mass is 35.5. The summed E-state index contributed by atoms with van der Waals surface area (Å²) in [5, 5.41) is 10.7. The van der Waals surface area contributed by atoms with E-state index in [4.69, 9.17) is 11.6 Å². The Morgan fingerprint density at radius 3 is 2.62 bits per heavy atom. The van der Waals surface area contributed by atoms with E-state index in [0.717, 1.165) is 0 Å². The van der Waals surface area contributed by atoms with Crippen molar-refractivity contribution in [2.75, 3.05) is 5.88 Å². The molecule has 0 saturated carbocycles. The van der Waals surface area contributed by atoms with Crippen molar-refractivity contribution in [1.82, 2.24) is 0 Å². The number of alkyl halides is 1. The van der Waals surface area contributed by atoms with Gasteiger partial charge in [0.15, 0.2) is 12.1 Å². The second-order valence-corrected chi connectivity index (χ2v) is 3.39. The molecule has 0 aromatic heterocycles. The monoisotopic (exact) mass is 241 g/mol. The summed E-state index contributed by atoms with van der Waals surface area (Å²) in [6.45, 7) is 1.59. The van der Waals surface area contributed by atoms with Crippen molar-refractivity contribution >= 4 is 29.4 Å². The third-order valence-electron chi connectivity index (χ3n) is 2.15. The van der Waals surface area contributed by atoms with Gasteiger partial charge < -0.3 is 0 Å². The number of nitrogens with zero attached hydrogens (tertiary/aromatic N) is 1. The quantitative estimate of drug-likeness (QED) is 0.266. The number of hydrogen-bond donors (Lipinski definition) is 0. The van der Waals surface area contributed by atoms with Gasteiger partial charge in [0.1, 0.15) is 5.56 Å². The lowest BCUT2D eigenvalue weighted by Gasteiger charge is -2.06. The van der Waals surface area contributed by atoms with Crippen LogP contribution in [0.2, 0.25) is 0 Å². The zero-order chi connectivity index (χ0) is 12.3. The van der Waals surface area contributed by atoms with Crippen LogP contribution in [0.1, 0.15) is 26.3 Å². The van der Waals surface area contributed by atoms with Gasteiger partial charge in [-0.3, -0.25) is 19.7 Å². The first-order chi connectivity index (χ1) is 7.52. The number of ketones is 1. The van der Waals surface area contributed by atoms with Crippen LogP contribution in [0.4, 0.5) is 5.69 Å². The topological polar surface area (TPSA) is 77.3 Å². The fraction of sp³-hybridized carbons (Fsp3) is 0.200. The maximum Gasteiger partial charge on any atom is 0.280 e. The molecule has 0 N–H and O–H groups in total. The van der Waals surface area contributed by atoms with Crippen molar-refractivity contribution in [3.63, 3.8) is 0 Å². The number of benzene rings is 1. The van der Waals surface area contributed by atoms with Gasteiger partial charge >= 0.3 is 0 Å². The van der Waals surface area contributed by atoms with Gasteiger partial charge in [0.25, 0.3) is 5.69 Å². The fourth-order valence-corrected chi connectivity index (χ4v) is 1.57. The summed E-state index contributed by atoms with van der Waals surface area (Å²) in [6.07, 6.45) is 0.310. The van der Waals surface area contributed by atoms with Crippen molar-refractivity contribution < 1.29 is 14.5 Å².